The molecule has 0 aliphatic heterocycles. The molecule has 0 aliphatic rings. The van der Waals surface area contributed by atoms with Gasteiger partial charge in [0.15, 0.2) is 0 Å². The number of amides is 1. The highest BCUT2D eigenvalue weighted by Gasteiger charge is 2.19. The molecule has 0 unspecified atom stereocenters. The molecule has 1 aromatic rings. The molecule has 1 aromatic heterocycles. The van der Waals surface area contributed by atoms with Gasteiger partial charge in [-0.3, -0.25) is 4.79 Å². The van der Waals surface area contributed by atoms with Crippen molar-refractivity contribution in [3.8, 4) is 0 Å². The van der Waals surface area contributed by atoms with Crippen LogP contribution in [0.5, 0.6) is 0 Å². The number of rotatable bonds is 5. The second kappa shape index (κ2) is 5.76. The van der Waals surface area contributed by atoms with Crippen molar-refractivity contribution >= 4 is 11.9 Å². The number of hydrogen-bond acceptors (Lipinski definition) is 5. The number of hydrogen-bond donors (Lipinski definition) is 3. The molecule has 3 N–H and O–H groups in total. The summed E-state index contributed by atoms with van der Waals surface area (Å²) in [7, 11) is 0. The van der Waals surface area contributed by atoms with Crippen molar-refractivity contribution in [3.63, 3.8) is 0 Å². The molecule has 7 heteroatoms. The van der Waals surface area contributed by atoms with E-state index in [1.165, 1.54) is 18.7 Å². The average Bonchev–Trinajstić information content (AvgIpc) is 2.29. The van der Waals surface area contributed by atoms with Crippen molar-refractivity contribution in [2.75, 3.05) is 6.61 Å². The number of nitrogens with one attached hydrogen (secondary N) is 1. The first-order valence-corrected chi connectivity index (χ1v) is 4.54. The molecule has 7 nitrogen and oxygen atoms in total. The van der Waals surface area contributed by atoms with Crippen LogP contribution in [0.15, 0.2) is 18.7 Å². The summed E-state index contributed by atoms with van der Waals surface area (Å²) in [5.41, 5.74) is 0.173. The zero-order valence-electron chi connectivity index (χ0n) is 8.33. The van der Waals surface area contributed by atoms with Gasteiger partial charge >= 0.3 is 5.97 Å². The van der Waals surface area contributed by atoms with Crippen LogP contribution >= 0.6 is 0 Å². The maximum Gasteiger partial charge on any atom is 0.326 e. The van der Waals surface area contributed by atoms with Gasteiger partial charge in [0.05, 0.1) is 5.56 Å². The molecular weight excluding hydrogens is 214 g/mol. The van der Waals surface area contributed by atoms with Gasteiger partial charge < -0.3 is 15.5 Å². The number of aromatic nitrogens is 2. The van der Waals surface area contributed by atoms with Gasteiger partial charge in [0.1, 0.15) is 12.4 Å². The second-order valence-electron chi connectivity index (χ2n) is 3.00. The highest BCUT2D eigenvalue weighted by Crippen LogP contribution is 1.97. The quantitative estimate of drug-likeness (QED) is 0.595. The minimum atomic E-state index is -1.20. The van der Waals surface area contributed by atoms with E-state index in [9.17, 15) is 9.59 Å². The van der Waals surface area contributed by atoms with E-state index in [0.717, 1.165) is 0 Å². The van der Waals surface area contributed by atoms with Gasteiger partial charge in [-0.25, -0.2) is 14.8 Å². The van der Waals surface area contributed by atoms with Crippen LogP contribution in [0, 0.1) is 0 Å². The van der Waals surface area contributed by atoms with Gasteiger partial charge in [0.2, 0.25) is 0 Å². The minimum absolute atomic E-state index is 0.0469. The van der Waals surface area contributed by atoms with E-state index in [4.69, 9.17) is 10.2 Å². The number of carbonyl (C=O) groups excluding carboxylic acids is 1. The van der Waals surface area contributed by atoms with Crippen LogP contribution in [0.2, 0.25) is 0 Å². The number of carboxylic acids is 1. The molecule has 0 spiro atoms. The summed E-state index contributed by atoms with van der Waals surface area (Å²) < 4.78 is 0. The largest absolute Gasteiger partial charge is 0.480 e. The Kier molecular flexibility index (Phi) is 4.34. The van der Waals surface area contributed by atoms with Crippen LogP contribution < -0.4 is 5.32 Å². The lowest BCUT2D eigenvalue weighted by Crippen LogP contribution is -2.41. The van der Waals surface area contributed by atoms with E-state index in [-0.39, 0.29) is 18.6 Å². The first-order chi connectivity index (χ1) is 7.65. The van der Waals surface area contributed by atoms with Crippen molar-refractivity contribution < 1.29 is 19.8 Å². The van der Waals surface area contributed by atoms with Crippen LogP contribution in [0.4, 0.5) is 0 Å². The summed E-state index contributed by atoms with van der Waals surface area (Å²) in [6.07, 6.45) is 3.77. The van der Waals surface area contributed by atoms with E-state index >= 15 is 0 Å². The standard InChI is InChI=1S/C9H11N3O4/c13-2-1-7(9(15)16)12-8(14)6-3-10-5-11-4-6/h3-5,7,13H,1-2H2,(H,12,14)(H,15,16)/t7-/m1/s1. The predicted molar refractivity (Wildman–Crippen MR) is 52.6 cm³/mol. The van der Waals surface area contributed by atoms with Gasteiger partial charge in [0, 0.05) is 25.4 Å². The summed E-state index contributed by atoms with van der Waals surface area (Å²) >= 11 is 0. The third-order valence-electron chi connectivity index (χ3n) is 1.84. The number of aliphatic carboxylic acids is 1. The summed E-state index contributed by atoms with van der Waals surface area (Å²) in [6, 6.07) is -1.11. The zero-order valence-corrected chi connectivity index (χ0v) is 8.33. The van der Waals surface area contributed by atoms with Crippen molar-refractivity contribution in [2.24, 2.45) is 0 Å². The Morgan fingerprint density at radius 3 is 2.50 bits per heavy atom. The number of aliphatic hydroxyl groups is 1. The molecule has 16 heavy (non-hydrogen) atoms. The van der Waals surface area contributed by atoms with Gasteiger partial charge in [-0.2, -0.15) is 0 Å². The molecule has 1 rings (SSSR count). The Labute approximate surface area is 91.2 Å². The summed E-state index contributed by atoms with van der Waals surface area (Å²) in [4.78, 5) is 29.5. The monoisotopic (exact) mass is 225 g/mol. The lowest BCUT2D eigenvalue weighted by atomic mass is 10.2. The molecule has 0 bridgehead atoms. The normalized spacial score (nSPS) is 11.8. The molecule has 0 fully saturated rings. The molecule has 0 saturated carbocycles. The fraction of sp³-hybridized carbons (Fsp3) is 0.333. The third kappa shape index (κ3) is 3.28. The number of carbonyl (C=O) groups is 2. The molecular formula is C9H11N3O4. The highest BCUT2D eigenvalue weighted by molar-refractivity contribution is 5.95. The van der Waals surface area contributed by atoms with Crippen molar-refractivity contribution in [1.82, 2.24) is 15.3 Å². The van der Waals surface area contributed by atoms with Crippen LogP contribution in [0.3, 0.4) is 0 Å². The van der Waals surface area contributed by atoms with Gasteiger partial charge in [-0.15, -0.1) is 0 Å². The van der Waals surface area contributed by atoms with E-state index < -0.39 is 17.9 Å². The molecule has 1 amide bonds. The van der Waals surface area contributed by atoms with Crippen LogP contribution in [0.1, 0.15) is 16.8 Å². The fourth-order valence-electron chi connectivity index (χ4n) is 1.04. The number of carboxylic acid groups (broad SMARTS) is 1. The first-order valence-electron chi connectivity index (χ1n) is 4.54. The van der Waals surface area contributed by atoms with E-state index in [0.29, 0.717) is 0 Å². The summed E-state index contributed by atoms with van der Waals surface area (Å²) in [5, 5.41) is 19.6. The van der Waals surface area contributed by atoms with Crippen molar-refractivity contribution in [3.05, 3.63) is 24.3 Å². The fourth-order valence-corrected chi connectivity index (χ4v) is 1.04. The maximum atomic E-state index is 11.5. The Morgan fingerprint density at radius 1 is 1.38 bits per heavy atom. The van der Waals surface area contributed by atoms with E-state index in [2.05, 4.69) is 15.3 Å². The molecule has 0 aliphatic carbocycles. The van der Waals surface area contributed by atoms with Crippen molar-refractivity contribution in [1.29, 1.82) is 0 Å². The zero-order chi connectivity index (χ0) is 12.0. The Morgan fingerprint density at radius 2 is 2.00 bits per heavy atom. The Bertz CT molecular complexity index is 368. The topological polar surface area (TPSA) is 112 Å². The summed E-state index contributed by atoms with van der Waals surface area (Å²) in [6.45, 7) is -0.317. The van der Waals surface area contributed by atoms with Gasteiger partial charge in [-0.1, -0.05) is 0 Å². The molecule has 86 valence electrons. The average molecular weight is 225 g/mol. The Hall–Kier alpha value is -2.02. The van der Waals surface area contributed by atoms with Gasteiger partial charge in [-0.05, 0) is 0 Å². The maximum absolute atomic E-state index is 11.5. The third-order valence-corrected chi connectivity index (χ3v) is 1.84. The molecule has 0 aromatic carbocycles. The lowest BCUT2D eigenvalue weighted by molar-refractivity contribution is -0.139. The number of aliphatic hydroxyl groups excluding tert-OH is 1. The Balaban J connectivity index is 2.65. The number of nitrogens with zero attached hydrogens (tertiary/aromatic N) is 2. The van der Waals surface area contributed by atoms with Gasteiger partial charge in [0.25, 0.3) is 5.91 Å². The summed E-state index contributed by atoms with van der Waals surface area (Å²) in [5.74, 6) is -1.78. The van der Waals surface area contributed by atoms with Crippen LogP contribution in [-0.4, -0.2) is 44.7 Å². The molecule has 1 heterocycles. The lowest BCUT2D eigenvalue weighted by Gasteiger charge is -2.12. The van der Waals surface area contributed by atoms with Crippen LogP contribution in [0.25, 0.3) is 0 Å². The van der Waals surface area contributed by atoms with Crippen molar-refractivity contribution in [2.45, 2.75) is 12.5 Å². The van der Waals surface area contributed by atoms with E-state index in [1.807, 2.05) is 0 Å². The highest BCUT2D eigenvalue weighted by atomic mass is 16.4. The predicted octanol–water partition coefficient (Wildman–Crippen LogP) is -0.958. The molecule has 0 radical (unpaired) electrons. The smallest absolute Gasteiger partial charge is 0.326 e. The van der Waals surface area contributed by atoms with Crippen LogP contribution in [-0.2, 0) is 4.79 Å². The molecule has 1 atom stereocenters. The minimum Gasteiger partial charge on any atom is -0.480 e. The molecule has 0 saturated heterocycles. The first kappa shape index (κ1) is 12.1. The van der Waals surface area contributed by atoms with E-state index in [1.54, 1.807) is 0 Å². The SMILES string of the molecule is O=C(N[C@H](CCO)C(=O)O)c1cncnc1. The second-order valence-corrected chi connectivity index (χ2v) is 3.00.